The SMILES string of the molecule is CC(C)c1onc(-c2c(Cl)cccc2Cl)c1OCc1ccc2c(=O)c(-c3ccc(C(=O)NC4CC4)cc3)coc2c1. The Balaban J connectivity index is 1.25. The Kier molecular flexibility index (Phi) is 7.32. The Labute approximate surface area is 246 Å². The van der Waals surface area contributed by atoms with Crippen LogP contribution in [-0.2, 0) is 6.61 Å². The lowest BCUT2D eigenvalue weighted by molar-refractivity contribution is 0.0951. The average molecular weight is 589 g/mol. The van der Waals surface area contributed by atoms with Crippen LogP contribution >= 0.6 is 23.2 Å². The van der Waals surface area contributed by atoms with Crippen molar-refractivity contribution in [2.24, 2.45) is 0 Å². The number of amides is 1. The highest BCUT2D eigenvalue weighted by Crippen LogP contribution is 2.43. The van der Waals surface area contributed by atoms with Crippen LogP contribution < -0.4 is 15.5 Å². The molecule has 1 N–H and O–H groups in total. The van der Waals surface area contributed by atoms with Crippen molar-refractivity contribution >= 4 is 40.1 Å². The third-order valence-electron chi connectivity index (χ3n) is 6.99. The molecule has 7 nitrogen and oxygen atoms in total. The van der Waals surface area contributed by atoms with E-state index in [9.17, 15) is 9.59 Å². The van der Waals surface area contributed by atoms with Crippen molar-refractivity contribution in [3.05, 3.63) is 104 Å². The van der Waals surface area contributed by atoms with E-state index in [1.54, 1.807) is 54.6 Å². The minimum atomic E-state index is -0.161. The van der Waals surface area contributed by atoms with Crippen molar-refractivity contribution in [2.75, 3.05) is 0 Å². The molecule has 1 amide bonds. The highest BCUT2D eigenvalue weighted by molar-refractivity contribution is 6.39. The van der Waals surface area contributed by atoms with Crippen molar-refractivity contribution in [2.45, 2.75) is 45.3 Å². The summed E-state index contributed by atoms with van der Waals surface area (Å²) in [5.74, 6) is 0.931. The van der Waals surface area contributed by atoms with Gasteiger partial charge in [-0.1, -0.05) is 66.5 Å². The maximum Gasteiger partial charge on any atom is 0.251 e. The lowest BCUT2D eigenvalue weighted by Crippen LogP contribution is -2.25. The van der Waals surface area contributed by atoms with Gasteiger partial charge < -0.3 is 19.0 Å². The molecule has 0 aliphatic heterocycles. The van der Waals surface area contributed by atoms with Gasteiger partial charge in [-0.3, -0.25) is 9.59 Å². The Bertz CT molecular complexity index is 1800. The number of carbonyl (C=O) groups excluding carboxylic acids is 1. The van der Waals surface area contributed by atoms with Gasteiger partial charge in [0.05, 0.1) is 21.0 Å². The Morgan fingerprint density at radius 1 is 1.07 bits per heavy atom. The van der Waals surface area contributed by atoms with E-state index in [0.717, 1.165) is 18.4 Å². The van der Waals surface area contributed by atoms with Crippen LogP contribution in [0.25, 0.3) is 33.4 Å². The highest BCUT2D eigenvalue weighted by Gasteiger charge is 2.26. The normalized spacial score (nSPS) is 13.1. The zero-order valence-corrected chi connectivity index (χ0v) is 23.9. The summed E-state index contributed by atoms with van der Waals surface area (Å²) in [5, 5.41) is 8.50. The number of aromatic nitrogens is 1. The summed E-state index contributed by atoms with van der Waals surface area (Å²) >= 11 is 12.9. The van der Waals surface area contributed by atoms with E-state index in [0.29, 0.717) is 60.5 Å². The van der Waals surface area contributed by atoms with Crippen molar-refractivity contribution < 1.29 is 18.5 Å². The summed E-state index contributed by atoms with van der Waals surface area (Å²) in [6, 6.07) is 17.8. The number of nitrogens with zero attached hydrogens (tertiary/aromatic N) is 1. The fourth-order valence-corrected chi connectivity index (χ4v) is 5.18. The summed E-state index contributed by atoms with van der Waals surface area (Å²) in [4.78, 5) is 25.6. The molecule has 41 heavy (non-hydrogen) atoms. The predicted molar refractivity (Wildman–Crippen MR) is 159 cm³/mol. The number of halogens is 2. The maximum absolute atomic E-state index is 13.3. The number of ether oxygens (including phenoxy) is 1. The first-order valence-corrected chi connectivity index (χ1v) is 14.1. The predicted octanol–water partition coefficient (Wildman–Crippen LogP) is 8.02. The van der Waals surface area contributed by atoms with Crippen LogP contribution in [0.5, 0.6) is 5.75 Å². The van der Waals surface area contributed by atoms with Crippen LogP contribution in [0.3, 0.4) is 0 Å². The van der Waals surface area contributed by atoms with E-state index < -0.39 is 0 Å². The number of benzene rings is 3. The molecule has 0 spiro atoms. The first kappa shape index (κ1) is 27.1. The van der Waals surface area contributed by atoms with Crippen LogP contribution in [0, 0.1) is 0 Å². The Hall–Kier alpha value is -4.07. The van der Waals surface area contributed by atoms with Crippen molar-refractivity contribution in [3.8, 4) is 28.1 Å². The number of hydrogen-bond acceptors (Lipinski definition) is 6. The van der Waals surface area contributed by atoms with Crippen molar-refractivity contribution in [3.63, 3.8) is 0 Å². The van der Waals surface area contributed by atoms with Gasteiger partial charge in [-0.05, 0) is 60.4 Å². The second-order valence-corrected chi connectivity index (χ2v) is 11.2. The summed E-state index contributed by atoms with van der Waals surface area (Å²) in [6.45, 7) is 4.12. The summed E-state index contributed by atoms with van der Waals surface area (Å²) < 4.78 is 17.7. The van der Waals surface area contributed by atoms with Gasteiger partial charge in [0, 0.05) is 23.1 Å². The van der Waals surface area contributed by atoms with Crippen LogP contribution in [0.1, 0.15) is 54.3 Å². The zero-order chi connectivity index (χ0) is 28.7. The smallest absolute Gasteiger partial charge is 0.251 e. The Morgan fingerprint density at radius 3 is 2.49 bits per heavy atom. The standard InChI is InChI=1S/C32H26Cl2N2O5/c1-17(2)30-31(28(36-41-30)27-24(33)4-3-5-25(27)34)40-15-18-6-13-22-26(14-18)39-16-23(29(22)37)19-7-9-20(10-8-19)32(38)35-21-11-12-21/h3-10,13-14,16-17,21H,11-12,15H2,1-2H3,(H,35,38). The zero-order valence-electron chi connectivity index (χ0n) is 22.4. The first-order chi connectivity index (χ1) is 19.8. The number of fused-ring (bicyclic) bond motifs is 1. The molecule has 0 radical (unpaired) electrons. The number of hydrogen-bond donors (Lipinski definition) is 1. The molecule has 0 unspecified atom stereocenters. The van der Waals surface area contributed by atoms with Crippen LogP contribution in [-0.4, -0.2) is 17.1 Å². The summed E-state index contributed by atoms with van der Waals surface area (Å²) in [5.41, 5.74) is 3.68. The van der Waals surface area contributed by atoms with Gasteiger partial charge in [-0.25, -0.2) is 0 Å². The molecule has 1 aliphatic carbocycles. The molecule has 3 aromatic carbocycles. The molecule has 208 valence electrons. The quantitative estimate of drug-likeness (QED) is 0.197. The molecule has 1 aliphatic rings. The monoisotopic (exact) mass is 588 g/mol. The molecule has 1 fully saturated rings. The van der Waals surface area contributed by atoms with E-state index in [4.69, 9.17) is 36.9 Å². The molecule has 9 heteroatoms. The molecule has 5 aromatic rings. The van der Waals surface area contributed by atoms with Gasteiger partial charge >= 0.3 is 0 Å². The number of nitrogens with one attached hydrogen (secondary N) is 1. The van der Waals surface area contributed by atoms with E-state index in [2.05, 4.69) is 10.5 Å². The van der Waals surface area contributed by atoms with Gasteiger partial charge in [0.2, 0.25) is 0 Å². The fourth-order valence-electron chi connectivity index (χ4n) is 4.60. The van der Waals surface area contributed by atoms with Gasteiger partial charge in [-0.15, -0.1) is 0 Å². The lowest BCUT2D eigenvalue weighted by atomic mass is 10.0. The van der Waals surface area contributed by atoms with Crippen LogP contribution in [0.2, 0.25) is 10.0 Å². The summed E-state index contributed by atoms with van der Waals surface area (Å²) in [7, 11) is 0. The molecule has 0 bridgehead atoms. The van der Waals surface area contributed by atoms with E-state index in [-0.39, 0.29) is 29.9 Å². The topological polar surface area (TPSA) is 94.6 Å². The largest absolute Gasteiger partial charge is 0.483 e. The summed E-state index contributed by atoms with van der Waals surface area (Å²) in [6.07, 6.45) is 3.49. The Morgan fingerprint density at radius 2 is 1.80 bits per heavy atom. The highest BCUT2D eigenvalue weighted by atomic mass is 35.5. The van der Waals surface area contributed by atoms with E-state index in [1.807, 2.05) is 19.9 Å². The second kappa shape index (κ2) is 11.1. The van der Waals surface area contributed by atoms with E-state index in [1.165, 1.54) is 6.26 Å². The molecular weight excluding hydrogens is 563 g/mol. The maximum atomic E-state index is 13.3. The minimum absolute atomic E-state index is 0.00204. The number of rotatable bonds is 8. The first-order valence-electron chi connectivity index (χ1n) is 13.3. The second-order valence-electron chi connectivity index (χ2n) is 10.4. The third kappa shape index (κ3) is 5.47. The molecule has 2 aromatic heterocycles. The minimum Gasteiger partial charge on any atom is -0.483 e. The molecular formula is C32H26Cl2N2O5. The molecule has 0 saturated heterocycles. The molecule has 1 saturated carbocycles. The van der Waals surface area contributed by atoms with Crippen LogP contribution in [0.4, 0.5) is 0 Å². The lowest BCUT2D eigenvalue weighted by Gasteiger charge is -2.11. The molecule has 6 rings (SSSR count). The third-order valence-corrected chi connectivity index (χ3v) is 7.62. The van der Waals surface area contributed by atoms with E-state index >= 15 is 0 Å². The van der Waals surface area contributed by atoms with Gasteiger partial charge in [-0.2, -0.15) is 0 Å². The average Bonchev–Trinajstić information content (AvgIpc) is 3.68. The van der Waals surface area contributed by atoms with Crippen molar-refractivity contribution in [1.29, 1.82) is 0 Å². The fraction of sp³-hybridized carbons (Fsp3) is 0.219. The van der Waals surface area contributed by atoms with Gasteiger partial charge in [0.15, 0.2) is 22.6 Å². The molecule has 2 heterocycles. The van der Waals surface area contributed by atoms with Crippen LogP contribution in [0.15, 0.2) is 80.7 Å². The van der Waals surface area contributed by atoms with Gasteiger partial charge in [0.1, 0.15) is 18.5 Å². The van der Waals surface area contributed by atoms with Crippen molar-refractivity contribution in [1.82, 2.24) is 10.5 Å². The molecule has 0 atom stereocenters. The van der Waals surface area contributed by atoms with Gasteiger partial charge in [0.25, 0.3) is 5.91 Å². The number of carbonyl (C=O) groups is 1.